The van der Waals surface area contributed by atoms with E-state index < -0.39 is 0 Å². The zero-order chi connectivity index (χ0) is 13.8. The summed E-state index contributed by atoms with van der Waals surface area (Å²) in [6.07, 6.45) is 0.491. The third kappa shape index (κ3) is 3.33. The molecule has 0 saturated carbocycles. The molecule has 0 spiro atoms. The number of likely N-dealkylation sites (N-methyl/N-ethyl adjacent to an activating group) is 1. The quantitative estimate of drug-likeness (QED) is 0.892. The summed E-state index contributed by atoms with van der Waals surface area (Å²) in [5, 5.41) is 9.50. The first-order valence-corrected chi connectivity index (χ1v) is 6.88. The van der Waals surface area contributed by atoms with Gasteiger partial charge in [0, 0.05) is 25.3 Å². The summed E-state index contributed by atoms with van der Waals surface area (Å²) in [6.45, 7) is 6.47. The second-order valence-electron chi connectivity index (χ2n) is 5.10. The van der Waals surface area contributed by atoms with Crippen molar-refractivity contribution in [1.82, 2.24) is 4.90 Å². The minimum absolute atomic E-state index is 0.103. The number of aryl methyl sites for hydroxylation is 1. The smallest absolute Gasteiger partial charge is 0.241 e. The predicted octanol–water partition coefficient (Wildman–Crippen LogP) is 1.41. The SMILES string of the molecule is CCN(C(=O)CN1CC[C@@H](O)C1)c1ccccc1C. The molecule has 4 nitrogen and oxygen atoms in total. The minimum Gasteiger partial charge on any atom is -0.392 e. The van der Waals surface area contributed by atoms with E-state index in [0.29, 0.717) is 19.6 Å². The highest BCUT2D eigenvalue weighted by atomic mass is 16.3. The van der Waals surface area contributed by atoms with Gasteiger partial charge in [0.25, 0.3) is 0 Å². The molecule has 1 fully saturated rings. The Bertz CT molecular complexity index is 448. The summed E-state index contributed by atoms with van der Waals surface area (Å²) in [6, 6.07) is 7.94. The normalized spacial score (nSPS) is 19.6. The number of aliphatic hydroxyl groups is 1. The molecule has 0 unspecified atom stereocenters. The average molecular weight is 262 g/mol. The molecule has 1 aliphatic rings. The number of aliphatic hydroxyl groups excluding tert-OH is 1. The monoisotopic (exact) mass is 262 g/mol. The van der Waals surface area contributed by atoms with E-state index in [9.17, 15) is 9.90 Å². The van der Waals surface area contributed by atoms with Gasteiger partial charge in [0.15, 0.2) is 0 Å². The first kappa shape index (κ1) is 14.0. The highest BCUT2D eigenvalue weighted by molar-refractivity contribution is 5.95. The van der Waals surface area contributed by atoms with Crippen LogP contribution < -0.4 is 4.90 Å². The van der Waals surface area contributed by atoms with E-state index in [1.54, 1.807) is 0 Å². The number of hydrogen-bond donors (Lipinski definition) is 1. The molecule has 4 heteroatoms. The third-order valence-corrected chi connectivity index (χ3v) is 3.63. The molecular weight excluding hydrogens is 240 g/mol. The van der Waals surface area contributed by atoms with Crippen LogP contribution in [0.25, 0.3) is 0 Å². The van der Waals surface area contributed by atoms with Gasteiger partial charge in [-0.2, -0.15) is 0 Å². The summed E-state index contributed by atoms with van der Waals surface area (Å²) < 4.78 is 0. The molecule has 0 aliphatic carbocycles. The number of carbonyl (C=O) groups excluding carboxylic acids is 1. The van der Waals surface area contributed by atoms with Gasteiger partial charge in [0.1, 0.15) is 0 Å². The van der Waals surface area contributed by atoms with E-state index in [-0.39, 0.29) is 12.0 Å². The molecule has 0 bridgehead atoms. The van der Waals surface area contributed by atoms with Gasteiger partial charge in [-0.15, -0.1) is 0 Å². The van der Waals surface area contributed by atoms with Crippen molar-refractivity contribution in [2.45, 2.75) is 26.4 Å². The summed E-state index contributed by atoms with van der Waals surface area (Å²) in [5.74, 6) is 0.103. The highest BCUT2D eigenvalue weighted by Gasteiger charge is 2.24. The maximum atomic E-state index is 12.4. The molecule has 19 heavy (non-hydrogen) atoms. The standard InChI is InChI=1S/C15H22N2O2/c1-3-17(14-7-5-4-6-12(14)2)15(19)11-16-9-8-13(18)10-16/h4-7,13,18H,3,8-11H2,1-2H3/t13-/m1/s1. The van der Waals surface area contributed by atoms with E-state index >= 15 is 0 Å². The lowest BCUT2D eigenvalue weighted by Crippen LogP contribution is -2.40. The number of benzene rings is 1. The second-order valence-corrected chi connectivity index (χ2v) is 5.10. The zero-order valence-electron chi connectivity index (χ0n) is 11.7. The number of rotatable bonds is 4. The van der Waals surface area contributed by atoms with Crippen LogP contribution in [0.5, 0.6) is 0 Å². The third-order valence-electron chi connectivity index (χ3n) is 3.63. The first-order chi connectivity index (χ1) is 9.11. The molecule has 104 valence electrons. The molecule has 1 aromatic carbocycles. The Hall–Kier alpha value is -1.39. The van der Waals surface area contributed by atoms with Crippen LogP contribution in [-0.4, -0.2) is 48.2 Å². The van der Waals surface area contributed by atoms with Crippen molar-refractivity contribution >= 4 is 11.6 Å². The van der Waals surface area contributed by atoms with Crippen molar-refractivity contribution in [1.29, 1.82) is 0 Å². The Labute approximate surface area is 114 Å². The van der Waals surface area contributed by atoms with Gasteiger partial charge >= 0.3 is 0 Å². The van der Waals surface area contributed by atoms with Crippen molar-refractivity contribution in [3.05, 3.63) is 29.8 Å². The van der Waals surface area contributed by atoms with Gasteiger partial charge in [-0.3, -0.25) is 9.69 Å². The number of anilines is 1. The molecule has 1 amide bonds. The van der Waals surface area contributed by atoms with E-state index in [2.05, 4.69) is 0 Å². The maximum Gasteiger partial charge on any atom is 0.241 e. The molecule has 1 N–H and O–H groups in total. The number of hydrogen-bond acceptors (Lipinski definition) is 3. The van der Waals surface area contributed by atoms with Gasteiger partial charge in [-0.25, -0.2) is 0 Å². The average Bonchev–Trinajstić information content (AvgIpc) is 2.78. The number of para-hydroxylation sites is 1. The highest BCUT2D eigenvalue weighted by Crippen LogP contribution is 2.20. The fourth-order valence-electron chi connectivity index (χ4n) is 2.58. The zero-order valence-corrected chi connectivity index (χ0v) is 11.7. The number of β-amino-alcohol motifs (C(OH)–C–C–N with tert-alkyl or cyclic N) is 1. The number of nitrogens with zero attached hydrogens (tertiary/aromatic N) is 2. The molecule has 1 aromatic rings. The van der Waals surface area contributed by atoms with Crippen molar-refractivity contribution in [3.63, 3.8) is 0 Å². The van der Waals surface area contributed by atoms with E-state index in [4.69, 9.17) is 0 Å². The van der Waals surface area contributed by atoms with Gasteiger partial charge < -0.3 is 10.0 Å². The lowest BCUT2D eigenvalue weighted by Gasteiger charge is -2.25. The molecule has 0 radical (unpaired) electrons. The Kier molecular flexibility index (Phi) is 4.56. The maximum absolute atomic E-state index is 12.4. The van der Waals surface area contributed by atoms with Crippen molar-refractivity contribution in [3.8, 4) is 0 Å². The van der Waals surface area contributed by atoms with Gasteiger partial charge in [-0.1, -0.05) is 18.2 Å². The molecule has 2 rings (SSSR count). The topological polar surface area (TPSA) is 43.8 Å². The van der Waals surface area contributed by atoms with Crippen molar-refractivity contribution < 1.29 is 9.90 Å². The van der Waals surface area contributed by atoms with Crippen LogP contribution in [-0.2, 0) is 4.79 Å². The lowest BCUT2D eigenvalue weighted by atomic mass is 10.2. The van der Waals surface area contributed by atoms with Crippen LogP contribution in [0.15, 0.2) is 24.3 Å². The fourth-order valence-corrected chi connectivity index (χ4v) is 2.58. The van der Waals surface area contributed by atoms with Gasteiger partial charge in [0.2, 0.25) is 5.91 Å². The molecule has 1 heterocycles. The van der Waals surface area contributed by atoms with Crippen LogP contribution in [0.3, 0.4) is 0 Å². The summed E-state index contributed by atoms with van der Waals surface area (Å²) in [5.41, 5.74) is 2.09. The Morgan fingerprint density at radius 3 is 2.79 bits per heavy atom. The number of carbonyl (C=O) groups is 1. The number of amides is 1. The first-order valence-electron chi connectivity index (χ1n) is 6.88. The molecule has 1 saturated heterocycles. The van der Waals surface area contributed by atoms with Crippen molar-refractivity contribution in [2.75, 3.05) is 31.1 Å². The summed E-state index contributed by atoms with van der Waals surface area (Å²) >= 11 is 0. The van der Waals surface area contributed by atoms with Crippen LogP contribution in [0.4, 0.5) is 5.69 Å². The number of likely N-dealkylation sites (tertiary alicyclic amines) is 1. The summed E-state index contributed by atoms with van der Waals surface area (Å²) in [4.78, 5) is 16.2. The van der Waals surface area contributed by atoms with E-state index in [1.165, 1.54) is 0 Å². The molecule has 1 atom stereocenters. The Morgan fingerprint density at radius 1 is 1.47 bits per heavy atom. The van der Waals surface area contributed by atoms with Gasteiger partial charge in [0.05, 0.1) is 12.6 Å². The fraction of sp³-hybridized carbons (Fsp3) is 0.533. The minimum atomic E-state index is -0.277. The van der Waals surface area contributed by atoms with E-state index in [1.807, 2.05) is 47.9 Å². The van der Waals surface area contributed by atoms with Gasteiger partial charge in [-0.05, 0) is 31.9 Å². The molecular formula is C15H22N2O2. The van der Waals surface area contributed by atoms with Crippen molar-refractivity contribution in [2.24, 2.45) is 0 Å². The van der Waals surface area contributed by atoms with Crippen LogP contribution in [0, 0.1) is 6.92 Å². The summed E-state index contributed by atoms with van der Waals surface area (Å²) in [7, 11) is 0. The lowest BCUT2D eigenvalue weighted by molar-refractivity contribution is -0.119. The molecule has 0 aromatic heterocycles. The molecule has 1 aliphatic heterocycles. The van der Waals surface area contributed by atoms with Crippen LogP contribution in [0.2, 0.25) is 0 Å². The Balaban J connectivity index is 2.05. The predicted molar refractivity (Wildman–Crippen MR) is 76.3 cm³/mol. The van der Waals surface area contributed by atoms with Crippen LogP contribution >= 0.6 is 0 Å². The van der Waals surface area contributed by atoms with E-state index in [0.717, 1.165) is 24.2 Å². The largest absolute Gasteiger partial charge is 0.392 e. The van der Waals surface area contributed by atoms with Crippen LogP contribution in [0.1, 0.15) is 18.9 Å². The Morgan fingerprint density at radius 2 is 2.21 bits per heavy atom. The second kappa shape index (κ2) is 6.17.